The number of benzene rings is 1. The van der Waals surface area contributed by atoms with Gasteiger partial charge in [0.1, 0.15) is 0 Å². The molecule has 20 heavy (non-hydrogen) atoms. The third-order valence-corrected chi connectivity index (χ3v) is 3.76. The van der Waals surface area contributed by atoms with E-state index in [0.29, 0.717) is 6.04 Å². The average molecular weight is 333 g/mol. The van der Waals surface area contributed by atoms with E-state index in [4.69, 9.17) is 0 Å². The van der Waals surface area contributed by atoms with Crippen LogP contribution in [0.5, 0.6) is 0 Å². The fraction of sp³-hybridized carbons (Fsp3) is 0.353. The van der Waals surface area contributed by atoms with E-state index in [9.17, 15) is 0 Å². The maximum Gasteiger partial charge on any atom is 0.0410 e. The van der Waals surface area contributed by atoms with Gasteiger partial charge in [0.2, 0.25) is 0 Å². The minimum absolute atomic E-state index is 0.308. The number of aryl methyl sites for hydroxylation is 1. The summed E-state index contributed by atoms with van der Waals surface area (Å²) in [7, 11) is 0. The van der Waals surface area contributed by atoms with Gasteiger partial charge in [-0.1, -0.05) is 36.8 Å². The fourth-order valence-corrected chi connectivity index (χ4v) is 2.59. The molecule has 2 rings (SSSR count). The number of hydrogen-bond acceptors (Lipinski definition) is 2. The van der Waals surface area contributed by atoms with Gasteiger partial charge in [0, 0.05) is 22.9 Å². The molecule has 1 heterocycles. The summed E-state index contributed by atoms with van der Waals surface area (Å²) in [4.78, 5) is 4.28. The minimum atomic E-state index is 0.308. The van der Waals surface area contributed by atoms with Gasteiger partial charge in [-0.2, -0.15) is 0 Å². The zero-order valence-corrected chi connectivity index (χ0v) is 13.7. The molecule has 1 N–H and O–H groups in total. The first-order chi connectivity index (χ1) is 9.69. The minimum Gasteiger partial charge on any atom is -0.310 e. The molecule has 0 aliphatic heterocycles. The Labute approximate surface area is 129 Å². The lowest BCUT2D eigenvalue weighted by atomic mass is 9.99. The van der Waals surface area contributed by atoms with Crippen molar-refractivity contribution in [3.63, 3.8) is 0 Å². The van der Waals surface area contributed by atoms with Gasteiger partial charge < -0.3 is 5.32 Å². The molecule has 0 saturated carbocycles. The van der Waals surface area contributed by atoms with Crippen molar-refractivity contribution in [3.05, 3.63) is 63.9 Å². The Hall–Kier alpha value is -1.19. The van der Waals surface area contributed by atoms with Crippen molar-refractivity contribution >= 4 is 15.9 Å². The molecule has 106 valence electrons. The molecular formula is C17H21BrN2. The Morgan fingerprint density at radius 3 is 2.60 bits per heavy atom. The first-order valence-corrected chi connectivity index (χ1v) is 7.87. The summed E-state index contributed by atoms with van der Waals surface area (Å²) in [6.45, 7) is 5.33. The van der Waals surface area contributed by atoms with Gasteiger partial charge in [-0.3, -0.25) is 4.98 Å². The van der Waals surface area contributed by atoms with Crippen LogP contribution in [0.1, 0.15) is 36.1 Å². The third-order valence-electron chi connectivity index (χ3n) is 3.33. The van der Waals surface area contributed by atoms with Crippen molar-refractivity contribution in [2.45, 2.75) is 32.7 Å². The third kappa shape index (κ3) is 4.43. The van der Waals surface area contributed by atoms with Gasteiger partial charge in [0.15, 0.2) is 0 Å². The van der Waals surface area contributed by atoms with E-state index in [-0.39, 0.29) is 0 Å². The quantitative estimate of drug-likeness (QED) is 0.846. The number of nitrogens with zero attached hydrogens (tertiary/aromatic N) is 1. The summed E-state index contributed by atoms with van der Waals surface area (Å²) in [6.07, 6.45) is 5.89. The van der Waals surface area contributed by atoms with Crippen LogP contribution in [0.25, 0.3) is 0 Å². The number of hydrogen-bond donors (Lipinski definition) is 1. The maximum absolute atomic E-state index is 4.28. The van der Waals surface area contributed by atoms with Crippen LogP contribution in [-0.4, -0.2) is 11.5 Å². The molecule has 1 atom stereocenters. The van der Waals surface area contributed by atoms with E-state index in [1.165, 1.54) is 16.7 Å². The molecule has 0 fully saturated rings. The number of halogens is 1. The number of aromatic nitrogens is 1. The van der Waals surface area contributed by atoms with Gasteiger partial charge >= 0.3 is 0 Å². The normalized spacial score (nSPS) is 12.3. The van der Waals surface area contributed by atoms with Crippen molar-refractivity contribution in [3.8, 4) is 0 Å². The van der Waals surface area contributed by atoms with E-state index < -0.39 is 0 Å². The van der Waals surface area contributed by atoms with Gasteiger partial charge in [-0.15, -0.1) is 0 Å². The lowest BCUT2D eigenvalue weighted by Gasteiger charge is -2.19. The van der Waals surface area contributed by atoms with E-state index in [1.54, 1.807) is 0 Å². The summed E-state index contributed by atoms with van der Waals surface area (Å²) >= 11 is 3.50. The summed E-state index contributed by atoms with van der Waals surface area (Å²) in [5.74, 6) is 0. The fourth-order valence-electron chi connectivity index (χ4n) is 2.21. The molecule has 2 aromatic rings. The van der Waals surface area contributed by atoms with Crippen LogP contribution >= 0.6 is 15.9 Å². The molecule has 1 aromatic carbocycles. The highest BCUT2D eigenvalue weighted by Gasteiger charge is 2.12. The predicted molar refractivity (Wildman–Crippen MR) is 87.9 cm³/mol. The molecule has 3 heteroatoms. The highest BCUT2D eigenvalue weighted by atomic mass is 79.9. The second kappa shape index (κ2) is 7.55. The highest BCUT2D eigenvalue weighted by molar-refractivity contribution is 9.10. The summed E-state index contributed by atoms with van der Waals surface area (Å²) < 4.78 is 1.03. The van der Waals surface area contributed by atoms with Crippen molar-refractivity contribution in [2.24, 2.45) is 0 Å². The molecular weight excluding hydrogens is 312 g/mol. The second-order valence-corrected chi connectivity index (χ2v) is 6.05. The van der Waals surface area contributed by atoms with Gasteiger partial charge in [-0.25, -0.2) is 0 Å². The van der Waals surface area contributed by atoms with Crippen molar-refractivity contribution < 1.29 is 0 Å². The van der Waals surface area contributed by atoms with Crippen molar-refractivity contribution in [1.29, 1.82) is 0 Å². The predicted octanol–water partition coefficient (Wildman–Crippen LogP) is 4.44. The number of pyridine rings is 1. The van der Waals surface area contributed by atoms with E-state index in [0.717, 1.165) is 23.9 Å². The zero-order valence-electron chi connectivity index (χ0n) is 12.1. The molecule has 0 saturated heterocycles. The van der Waals surface area contributed by atoms with Crippen molar-refractivity contribution in [2.75, 3.05) is 6.54 Å². The van der Waals surface area contributed by atoms with Crippen LogP contribution < -0.4 is 5.32 Å². The van der Waals surface area contributed by atoms with Crippen LogP contribution in [0.3, 0.4) is 0 Å². The lowest BCUT2D eigenvalue weighted by Crippen LogP contribution is -2.24. The summed E-state index contributed by atoms with van der Waals surface area (Å²) in [6, 6.07) is 11.2. The van der Waals surface area contributed by atoms with Crippen LogP contribution in [0.2, 0.25) is 0 Å². The Bertz CT molecular complexity index is 537. The van der Waals surface area contributed by atoms with E-state index in [2.05, 4.69) is 70.4 Å². The van der Waals surface area contributed by atoms with Gasteiger partial charge in [0.25, 0.3) is 0 Å². The average Bonchev–Trinajstić information content (AvgIpc) is 2.45. The Kier molecular flexibility index (Phi) is 5.74. The molecule has 0 aliphatic carbocycles. The van der Waals surface area contributed by atoms with Crippen LogP contribution in [0.4, 0.5) is 0 Å². The Morgan fingerprint density at radius 2 is 1.95 bits per heavy atom. The first-order valence-electron chi connectivity index (χ1n) is 7.08. The smallest absolute Gasteiger partial charge is 0.0410 e. The lowest BCUT2D eigenvalue weighted by molar-refractivity contribution is 0.527. The number of rotatable bonds is 6. The first kappa shape index (κ1) is 15.2. The molecule has 2 nitrogen and oxygen atoms in total. The van der Waals surface area contributed by atoms with Gasteiger partial charge in [-0.05, 0) is 59.4 Å². The van der Waals surface area contributed by atoms with Gasteiger partial charge in [0.05, 0.1) is 0 Å². The topological polar surface area (TPSA) is 24.9 Å². The summed E-state index contributed by atoms with van der Waals surface area (Å²) in [5.41, 5.74) is 3.88. The second-order valence-electron chi connectivity index (χ2n) is 5.13. The van der Waals surface area contributed by atoms with E-state index >= 15 is 0 Å². The zero-order chi connectivity index (χ0) is 14.4. The Morgan fingerprint density at radius 1 is 1.20 bits per heavy atom. The Balaban J connectivity index is 2.16. The summed E-state index contributed by atoms with van der Waals surface area (Å²) in [5, 5.41) is 3.62. The van der Waals surface area contributed by atoms with E-state index in [1.807, 2.05) is 12.4 Å². The number of nitrogens with one attached hydrogen (secondary N) is 1. The van der Waals surface area contributed by atoms with Crippen LogP contribution in [0, 0.1) is 6.92 Å². The van der Waals surface area contributed by atoms with Crippen molar-refractivity contribution in [1.82, 2.24) is 10.3 Å². The molecule has 1 aromatic heterocycles. The maximum atomic E-state index is 4.28. The molecule has 0 spiro atoms. The molecule has 0 aliphatic rings. The van der Waals surface area contributed by atoms with Crippen LogP contribution in [0.15, 0.2) is 47.2 Å². The highest BCUT2D eigenvalue weighted by Crippen LogP contribution is 2.21. The molecule has 1 unspecified atom stereocenters. The monoisotopic (exact) mass is 332 g/mol. The van der Waals surface area contributed by atoms with Crippen LogP contribution in [-0.2, 0) is 6.42 Å². The standard InChI is InChI=1S/C17H21BrN2/c1-3-8-20-17(15-10-16(18)12-19-11-15)9-14-6-4-13(2)5-7-14/h4-7,10-12,17,20H,3,8-9H2,1-2H3. The SMILES string of the molecule is CCCNC(Cc1ccc(C)cc1)c1cncc(Br)c1. The molecule has 0 amide bonds. The molecule has 0 radical (unpaired) electrons. The largest absolute Gasteiger partial charge is 0.310 e. The molecule has 0 bridgehead atoms.